The maximum absolute atomic E-state index is 13.1. The normalized spacial score (nSPS) is 19.9. The molecule has 3 amide bonds. The average molecular weight is 537 g/mol. The fourth-order valence-corrected chi connectivity index (χ4v) is 4.46. The highest BCUT2D eigenvalue weighted by atomic mass is 32.2. The van der Waals surface area contributed by atoms with Gasteiger partial charge < -0.3 is 20.8 Å². The number of nitrogens with one attached hydrogen (secondary N) is 4. The van der Waals surface area contributed by atoms with Gasteiger partial charge in [-0.2, -0.15) is 11.8 Å². The molecule has 210 valence electrons. The quantitative estimate of drug-likeness (QED) is 0.273. The van der Waals surface area contributed by atoms with E-state index in [-0.39, 0.29) is 11.8 Å². The van der Waals surface area contributed by atoms with E-state index in [4.69, 9.17) is 4.74 Å². The molecule has 0 unspecified atom stereocenters. The zero-order valence-corrected chi connectivity index (χ0v) is 24.8. The van der Waals surface area contributed by atoms with Gasteiger partial charge in [0, 0.05) is 17.2 Å². The van der Waals surface area contributed by atoms with Crippen LogP contribution in [0.1, 0.15) is 87.5 Å². The van der Waals surface area contributed by atoms with Crippen LogP contribution in [0.25, 0.3) is 0 Å². The summed E-state index contributed by atoms with van der Waals surface area (Å²) in [6, 6.07) is -1.54. The van der Waals surface area contributed by atoms with E-state index in [2.05, 4.69) is 60.5 Å². The van der Waals surface area contributed by atoms with E-state index < -0.39 is 29.7 Å². The van der Waals surface area contributed by atoms with Crippen molar-refractivity contribution in [2.45, 2.75) is 105 Å². The minimum Gasteiger partial charge on any atom is -0.444 e. The van der Waals surface area contributed by atoms with Gasteiger partial charge in [0.15, 0.2) is 0 Å². The van der Waals surface area contributed by atoms with Crippen LogP contribution in [0.5, 0.6) is 0 Å². The van der Waals surface area contributed by atoms with Crippen molar-refractivity contribution < 1.29 is 19.1 Å². The van der Waals surface area contributed by atoms with Crippen LogP contribution in [0.3, 0.4) is 0 Å². The molecule has 1 aliphatic heterocycles. The Hall–Kier alpha value is -2.42. The third-order valence-electron chi connectivity index (χ3n) is 5.88. The number of rotatable bonds is 11. The minimum atomic E-state index is -0.807. The van der Waals surface area contributed by atoms with Crippen LogP contribution in [0.4, 0.5) is 4.79 Å². The first-order chi connectivity index (χ1) is 17.3. The first-order valence-electron chi connectivity index (χ1n) is 13.2. The molecule has 1 aliphatic rings. The Balaban J connectivity index is 2.69. The Morgan fingerprint density at radius 2 is 1.89 bits per heavy atom. The number of thioether (sulfide) groups is 1. The summed E-state index contributed by atoms with van der Waals surface area (Å²) in [5, 5.41) is 5.51. The third-order valence-corrected chi connectivity index (χ3v) is 6.85. The molecule has 0 fully saturated rings. The fourth-order valence-electron chi connectivity index (χ4n) is 3.54. The van der Waals surface area contributed by atoms with Crippen molar-refractivity contribution in [2.24, 2.45) is 5.92 Å². The van der Waals surface area contributed by atoms with E-state index >= 15 is 0 Å². The average Bonchev–Trinajstić information content (AvgIpc) is 2.87. The lowest BCUT2D eigenvalue weighted by Gasteiger charge is -2.27. The van der Waals surface area contributed by atoms with Crippen LogP contribution in [-0.2, 0) is 14.3 Å². The molecular weight excluding hydrogens is 488 g/mol. The molecule has 0 radical (unpaired) electrons. The summed E-state index contributed by atoms with van der Waals surface area (Å²) in [5.74, 6) is 0.290. The second-order valence-corrected chi connectivity index (χ2v) is 11.9. The van der Waals surface area contributed by atoms with Gasteiger partial charge in [-0.1, -0.05) is 49.6 Å². The van der Waals surface area contributed by atoms with Crippen molar-refractivity contribution in [1.82, 2.24) is 21.5 Å². The second-order valence-electron chi connectivity index (χ2n) is 10.9. The Morgan fingerprint density at radius 1 is 1.19 bits per heavy atom. The van der Waals surface area contributed by atoms with E-state index in [1.807, 2.05) is 13.8 Å². The highest BCUT2D eigenvalue weighted by Gasteiger charge is 2.31. The van der Waals surface area contributed by atoms with Crippen molar-refractivity contribution >= 4 is 29.7 Å². The first kappa shape index (κ1) is 32.6. The third kappa shape index (κ3) is 14.2. The summed E-state index contributed by atoms with van der Waals surface area (Å²) >= 11 is 1.58. The molecule has 0 bridgehead atoms. The van der Waals surface area contributed by atoms with E-state index in [0.29, 0.717) is 12.2 Å². The second kappa shape index (κ2) is 16.4. The van der Waals surface area contributed by atoms with Crippen LogP contribution in [-0.4, -0.2) is 47.1 Å². The predicted molar refractivity (Wildman–Crippen MR) is 153 cm³/mol. The first-order valence-corrected chi connectivity index (χ1v) is 14.4. The van der Waals surface area contributed by atoms with Crippen molar-refractivity contribution in [3.63, 3.8) is 0 Å². The summed E-state index contributed by atoms with van der Waals surface area (Å²) in [7, 11) is 0. The van der Waals surface area contributed by atoms with Gasteiger partial charge in [0.2, 0.25) is 5.91 Å². The van der Waals surface area contributed by atoms with Gasteiger partial charge in [-0.05, 0) is 73.1 Å². The fraction of sp³-hybridized carbons (Fsp3) is 0.679. The number of allylic oxidation sites excluding steroid dienone is 5. The topological polar surface area (TPSA) is 109 Å². The highest BCUT2D eigenvalue weighted by Crippen LogP contribution is 2.15. The standard InChI is InChI=1S/C28H48N4O4S/c1-9-21(5)24(30-27(35)36-28(6,7)8)26(34)29-23-18-37-17-16-22(31-32-25(23)33)15-11-14-20(4)13-10-12-19(2)3/h12,14,16,21,23-24,31H,9-11,13,15,17-18H2,1-8H3,(H,29,34)(H,30,35)(H,32,33)/b20-14+,22-16-/t21-,23-,24+/m0/s1. The number of alkyl carbamates (subject to hydrolysis) is 1. The number of carbonyl (C=O) groups is 3. The Kier molecular flexibility index (Phi) is 14.5. The number of ether oxygens (including phenoxy) is 1. The molecule has 9 heteroatoms. The molecule has 8 nitrogen and oxygen atoms in total. The van der Waals surface area contributed by atoms with Gasteiger partial charge in [-0.25, -0.2) is 4.79 Å². The number of carbonyl (C=O) groups excluding carboxylic acids is 3. The Bertz CT molecular complexity index is 857. The maximum Gasteiger partial charge on any atom is 0.408 e. The molecule has 3 atom stereocenters. The molecule has 1 rings (SSSR count). The van der Waals surface area contributed by atoms with Crippen LogP contribution in [0, 0.1) is 5.92 Å². The summed E-state index contributed by atoms with van der Waals surface area (Å²) < 4.78 is 5.33. The van der Waals surface area contributed by atoms with Gasteiger partial charge >= 0.3 is 6.09 Å². The Morgan fingerprint density at radius 3 is 2.51 bits per heavy atom. The van der Waals surface area contributed by atoms with Crippen molar-refractivity contribution in [3.8, 4) is 0 Å². The monoisotopic (exact) mass is 536 g/mol. The minimum absolute atomic E-state index is 0.135. The lowest BCUT2D eigenvalue weighted by molar-refractivity contribution is -0.130. The summed E-state index contributed by atoms with van der Waals surface area (Å²) in [6.45, 7) is 15.5. The zero-order chi connectivity index (χ0) is 28.0. The van der Waals surface area contributed by atoms with Crippen LogP contribution < -0.4 is 21.5 Å². The maximum atomic E-state index is 13.1. The molecule has 1 heterocycles. The van der Waals surface area contributed by atoms with E-state index in [1.54, 1.807) is 32.5 Å². The summed E-state index contributed by atoms with van der Waals surface area (Å²) in [6.07, 6.45) is 10.4. The molecular formula is C28H48N4O4S. The predicted octanol–water partition coefficient (Wildman–Crippen LogP) is 5.14. The number of hydrogen-bond donors (Lipinski definition) is 4. The van der Waals surface area contributed by atoms with Crippen molar-refractivity contribution in [1.29, 1.82) is 0 Å². The van der Waals surface area contributed by atoms with Crippen molar-refractivity contribution in [3.05, 3.63) is 35.1 Å². The van der Waals surface area contributed by atoms with Crippen LogP contribution >= 0.6 is 11.8 Å². The lowest BCUT2D eigenvalue weighted by atomic mass is 9.98. The van der Waals surface area contributed by atoms with Gasteiger partial charge in [0.25, 0.3) is 5.91 Å². The number of hydrogen-bond acceptors (Lipinski definition) is 6. The lowest BCUT2D eigenvalue weighted by Crippen LogP contribution is -2.57. The van der Waals surface area contributed by atoms with E-state index in [1.165, 1.54) is 11.1 Å². The molecule has 4 N–H and O–H groups in total. The summed E-state index contributed by atoms with van der Waals surface area (Å²) in [5.41, 5.74) is 8.75. The number of amides is 3. The molecule has 0 aliphatic carbocycles. The smallest absolute Gasteiger partial charge is 0.408 e. The zero-order valence-electron chi connectivity index (χ0n) is 24.0. The SMILES string of the molecule is CC[C@H](C)[C@@H](NC(=O)OC(C)(C)C)C(=O)N[C@H]1CSC/C=C(/CC/C=C(\C)CCC=C(C)C)NNC1=O. The van der Waals surface area contributed by atoms with Gasteiger partial charge in [0.1, 0.15) is 17.7 Å². The molecule has 0 saturated heterocycles. The Labute approximate surface area is 227 Å². The number of hydrazine groups is 1. The van der Waals surface area contributed by atoms with Crippen LogP contribution in [0.2, 0.25) is 0 Å². The highest BCUT2D eigenvalue weighted by molar-refractivity contribution is 7.99. The molecule has 0 aromatic rings. The van der Waals surface area contributed by atoms with Gasteiger partial charge in [-0.3, -0.25) is 15.0 Å². The van der Waals surface area contributed by atoms with Crippen LogP contribution in [0.15, 0.2) is 35.1 Å². The van der Waals surface area contributed by atoms with E-state index in [9.17, 15) is 14.4 Å². The van der Waals surface area contributed by atoms with Gasteiger partial charge in [0.05, 0.1) is 0 Å². The van der Waals surface area contributed by atoms with E-state index in [0.717, 1.165) is 37.1 Å². The largest absolute Gasteiger partial charge is 0.444 e. The molecule has 0 aromatic heterocycles. The molecule has 0 spiro atoms. The molecule has 37 heavy (non-hydrogen) atoms. The summed E-state index contributed by atoms with van der Waals surface area (Å²) in [4.78, 5) is 38.3. The van der Waals surface area contributed by atoms with Gasteiger partial charge in [-0.15, -0.1) is 0 Å². The molecule has 0 saturated carbocycles. The molecule has 0 aromatic carbocycles. The van der Waals surface area contributed by atoms with Crippen molar-refractivity contribution in [2.75, 3.05) is 11.5 Å².